The summed E-state index contributed by atoms with van der Waals surface area (Å²) in [5, 5.41) is 14.9. The largest absolute Gasteiger partial charge is 0.490 e. The first kappa shape index (κ1) is 31.1. The predicted octanol–water partition coefficient (Wildman–Crippen LogP) is 5.43. The van der Waals surface area contributed by atoms with Crippen molar-refractivity contribution in [1.82, 2.24) is 0 Å². The van der Waals surface area contributed by atoms with E-state index in [2.05, 4.69) is 15.9 Å². The van der Waals surface area contributed by atoms with Crippen molar-refractivity contribution in [2.24, 2.45) is 5.73 Å². The number of allylic oxidation sites excluding steroid dienone is 1. The fourth-order valence-corrected chi connectivity index (χ4v) is 7.17. The van der Waals surface area contributed by atoms with Gasteiger partial charge in [-0.05, 0) is 43.5 Å². The number of amidine groups is 1. The standard InChI is InChI=1S/C19H19BrN3O3S4.C2HF3O2/c1-12-6-8-15(9-7-12)30(24,25)23(26-29-14-5-3-4-13(20)10-14)16-11-17(18(21)22)28-19(16)27-2;3-2(4,5)1(6)7/h3-11,19H,1-2H3,(H3,21,22);(H,6,7)/q+1;. The van der Waals surface area contributed by atoms with Gasteiger partial charge in [0, 0.05) is 10.5 Å². The number of halogens is 4. The van der Waals surface area contributed by atoms with Crippen molar-refractivity contribution in [2.75, 3.05) is 6.26 Å². The van der Waals surface area contributed by atoms with Gasteiger partial charge in [0.05, 0.1) is 9.80 Å². The van der Waals surface area contributed by atoms with E-state index < -0.39 is 22.2 Å². The predicted molar refractivity (Wildman–Crippen MR) is 143 cm³/mol. The Morgan fingerprint density at radius 3 is 2.32 bits per heavy atom. The molecule has 0 spiro atoms. The Bertz CT molecular complexity index is 1330. The zero-order valence-corrected chi connectivity index (χ0v) is 23.9. The number of carboxylic acid groups (broad SMARTS) is 1. The number of benzene rings is 2. The van der Waals surface area contributed by atoms with E-state index in [4.69, 9.17) is 25.3 Å². The zero-order chi connectivity index (χ0) is 28.0. The summed E-state index contributed by atoms with van der Waals surface area (Å²) in [4.78, 5) is 10.2. The number of alkyl halides is 3. The van der Waals surface area contributed by atoms with Crippen LogP contribution in [0.5, 0.6) is 0 Å². The van der Waals surface area contributed by atoms with Crippen LogP contribution in [0.3, 0.4) is 0 Å². The number of nitrogens with two attached hydrogens (primary N) is 1. The van der Waals surface area contributed by atoms with E-state index in [0.717, 1.165) is 31.1 Å². The van der Waals surface area contributed by atoms with E-state index >= 15 is 0 Å². The quantitative estimate of drug-likeness (QED) is 0.117. The van der Waals surface area contributed by atoms with Crippen LogP contribution in [0.4, 0.5) is 13.2 Å². The van der Waals surface area contributed by atoms with Crippen LogP contribution in [0.1, 0.15) is 5.56 Å². The summed E-state index contributed by atoms with van der Waals surface area (Å²) >= 11 is 7.12. The van der Waals surface area contributed by atoms with E-state index in [1.807, 2.05) is 37.4 Å². The Kier molecular flexibility index (Phi) is 11.0. The molecule has 1 atom stereocenters. The van der Waals surface area contributed by atoms with Gasteiger partial charge in [0.25, 0.3) is 5.71 Å². The van der Waals surface area contributed by atoms with E-state index in [-0.39, 0.29) is 15.3 Å². The molecule has 8 nitrogen and oxygen atoms in total. The normalized spacial score (nSPS) is 16.8. The summed E-state index contributed by atoms with van der Waals surface area (Å²) in [7, 11) is -4.01. The molecule has 0 radical (unpaired) electrons. The van der Waals surface area contributed by atoms with Crippen LogP contribution < -0.4 is 5.73 Å². The van der Waals surface area contributed by atoms with Crippen molar-refractivity contribution in [1.29, 1.82) is 5.41 Å². The van der Waals surface area contributed by atoms with Gasteiger partial charge < -0.3 is 10.8 Å². The highest BCUT2D eigenvalue weighted by Crippen LogP contribution is 2.38. The number of thioether (sulfide) groups is 2. The summed E-state index contributed by atoms with van der Waals surface area (Å²) in [6, 6.07) is 14.0. The van der Waals surface area contributed by atoms with Gasteiger partial charge in [-0.15, -0.1) is 11.8 Å². The van der Waals surface area contributed by atoms with Gasteiger partial charge in [-0.25, -0.2) is 4.79 Å². The number of aryl methyl sites for hydroxylation is 1. The fraction of sp³-hybridized carbons (Fsp3) is 0.190. The molecule has 0 amide bonds. The third-order valence-electron chi connectivity index (χ3n) is 4.22. The maximum absolute atomic E-state index is 13.5. The lowest BCUT2D eigenvalue weighted by atomic mass is 10.2. The molecule has 2 aromatic rings. The van der Waals surface area contributed by atoms with Crippen LogP contribution in [0, 0.1) is 12.3 Å². The Morgan fingerprint density at radius 2 is 1.84 bits per heavy atom. The minimum Gasteiger partial charge on any atom is -0.475 e. The minimum atomic E-state index is -5.08. The molecule has 0 aliphatic carbocycles. The topological polar surface area (TPSA) is 134 Å². The summed E-state index contributed by atoms with van der Waals surface area (Å²) in [5.74, 6) is -2.87. The molecule has 16 heteroatoms. The number of sulfonamides is 1. The van der Waals surface area contributed by atoms with Gasteiger partial charge in [-0.2, -0.15) is 25.9 Å². The van der Waals surface area contributed by atoms with Crippen molar-refractivity contribution in [2.45, 2.75) is 27.5 Å². The van der Waals surface area contributed by atoms with E-state index in [1.54, 1.807) is 30.3 Å². The first-order valence-electron chi connectivity index (χ1n) is 9.81. The average Bonchev–Trinajstić information content (AvgIpc) is 3.23. The molecular weight excluding hydrogens is 639 g/mol. The van der Waals surface area contributed by atoms with E-state index in [0.29, 0.717) is 10.6 Å². The van der Waals surface area contributed by atoms with Crippen LogP contribution in [0.2, 0.25) is 0 Å². The molecule has 200 valence electrons. The Labute approximate surface area is 232 Å². The van der Waals surface area contributed by atoms with Gasteiger partial charge in [0.2, 0.25) is 0 Å². The van der Waals surface area contributed by atoms with Crippen molar-refractivity contribution < 1.29 is 39.9 Å². The Balaban J connectivity index is 0.000000604. The summed E-state index contributed by atoms with van der Waals surface area (Å²) in [5.41, 5.74) is 7.00. The molecule has 1 heterocycles. The Morgan fingerprint density at radius 1 is 1.24 bits per heavy atom. The van der Waals surface area contributed by atoms with E-state index in [1.165, 1.54) is 23.5 Å². The SMILES string of the molecule is CSC1SC(C(=N)N)=CC1=[N+](OSc1cccc(Br)c1)S(=O)(=O)c1ccc(C)cc1.O=C(O)C(F)(F)F. The van der Waals surface area contributed by atoms with Crippen LogP contribution in [0.25, 0.3) is 0 Å². The van der Waals surface area contributed by atoms with Gasteiger partial charge in [-0.3, -0.25) is 5.41 Å². The highest BCUT2D eigenvalue weighted by molar-refractivity contribution is 9.10. The number of carbonyl (C=O) groups is 1. The van der Waals surface area contributed by atoms with Crippen LogP contribution >= 0.6 is 51.5 Å². The fourth-order valence-electron chi connectivity index (χ4n) is 2.48. The second kappa shape index (κ2) is 13.1. The molecular formula is C21H20BrF3N3O5S4+. The van der Waals surface area contributed by atoms with Gasteiger partial charge in [-0.1, -0.05) is 51.5 Å². The summed E-state index contributed by atoms with van der Waals surface area (Å²) in [6.45, 7) is 1.89. The van der Waals surface area contributed by atoms with Gasteiger partial charge in [0.1, 0.15) is 19.5 Å². The average molecular weight is 660 g/mol. The molecule has 0 saturated heterocycles. The van der Waals surface area contributed by atoms with Crippen LogP contribution in [-0.2, 0) is 19.1 Å². The lowest BCUT2D eigenvalue weighted by Crippen LogP contribution is -2.29. The molecule has 4 N–H and O–H groups in total. The first-order chi connectivity index (χ1) is 17.2. The third-order valence-corrected chi connectivity index (χ3v) is 9.65. The minimum absolute atomic E-state index is 0.110. The summed E-state index contributed by atoms with van der Waals surface area (Å²) < 4.78 is 66.0. The first-order valence-corrected chi connectivity index (χ1v) is 15.0. The van der Waals surface area contributed by atoms with Crippen LogP contribution in [-0.4, -0.2) is 52.2 Å². The number of hydrogen-bond donors (Lipinski definition) is 3. The maximum Gasteiger partial charge on any atom is 0.490 e. The second-order valence-electron chi connectivity index (χ2n) is 7.00. The number of aliphatic carboxylic acids is 1. The van der Waals surface area contributed by atoms with Gasteiger partial charge in [0.15, 0.2) is 12.0 Å². The monoisotopic (exact) mass is 658 g/mol. The molecule has 3 rings (SSSR count). The third kappa shape index (κ3) is 8.70. The smallest absolute Gasteiger partial charge is 0.475 e. The van der Waals surface area contributed by atoms with Crippen LogP contribution in [0.15, 0.2) is 73.8 Å². The highest BCUT2D eigenvalue weighted by Gasteiger charge is 2.42. The molecule has 0 fully saturated rings. The van der Waals surface area contributed by atoms with Crippen molar-refractivity contribution in [3.8, 4) is 0 Å². The molecule has 0 bridgehead atoms. The lowest BCUT2D eigenvalue weighted by Gasteiger charge is -2.08. The number of carboxylic acids is 1. The second-order valence-corrected chi connectivity index (χ2v) is 12.8. The molecule has 1 aliphatic heterocycles. The summed E-state index contributed by atoms with van der Waals surface area (Å²) in [6.07, 6.45) is -1.62. The molecule has 2 aromatic carbocycles. The Hall–Kier alpha value is -2.14. The molecule has 1 unspecified atom stereocenters. The maximum atomic E-state index is 13.5. The molecule has 0 saturated carbocycles. The highest BCUT2D eigenvalue weighted by atomic mass is 79.9. The molecule has 0 aromatic heterocycles. The zero-order valence-electron chi connectivity index (χ0n) is 19.0. The van der Waals surface area contributed by atoms with Crippen molar-refractivity contribution in [3.63, 3.8) is 0 Å². The van der Waals surface area contributed by atoms with E-state index in [9.17, 15) is 21.6 Å². The van der Waals surface area contributed by atoms with Crippen molar-refractivity contribution in [3.05, 3.63) is 69.5 Å². The number of hydrogen-bond acceptors (Lipinski definition) is 8. The molecule has 37 heavy (non-hydrogen) atoms. The number of rotatable bonds is 7. The number of nitrogens with one attached hydrogen (secondary N) is 1. The lowest BCUT2D eigenvalue weighted by molar-refractivity contribution is -0.617. The number of nitrogens with zero attached hydrogens (tertiary/aromatic N) is 1. The molecule has 1 aliphatic rings. The van der Waals surface area contributed by atoms with Crippen molar-refractivity contribution >= 4 is 79.0 Å². The van der Waals surface area contributed by atoms with Gasteiger partial charge >= 0.3 is 22.2 Å².